The van der Waals surface area contributed by atoms with Gasteiger partial charge in [0.1, 0.15) is 29.6 Å². The van der Waals surface area contributed by atoms with E-state index in [4.69, 9.17) is 18.9 Å². The Kier molecular flexibility index (Phi) is 11.7. The molecule has 50 heavy (non-hydrogen) atoms. The number of carbonyl (C=O) groups is 3. The van der Waals surface area contributed by atoms with Gasteiger partial charge in [0.15, 0.2) is 16.6 Å². The van der Waals surface area contributed by atoms with Gasteiger partial charge in [0.05, 0.1) is 31.0 Å². The monoisotopic (exact) mass is 696 g/mol. The molecule has 1 aliphatic rings. The molecule has 1 aliphatic heterocycles. The Bertz CT molecular complexity index is 1910. The molecule has 1 fully saturated rings. The number of aryl methyl sites for hydroxylation is 2. The first kappa shape index (κ1) is 35.9. The van der Waals surface area contributed by atoms with Crippen molar-refractivity contribution in [2.45, 2.75) is 52.7 Å². The second-order valence-corrected chi connectivity index (χ2v) is 12.7. The highest BCUT2D eigenvalue weighted by Gasteiger charge is 2.48. The summed E-state index contributed by atoms with van der Waals surface area (Å²) in [6, 6.07) is 18.6. The molecule has 1 N–H and O–H groups in total. The highest BCUT2D eigenvalue weighted by atomic mass is 32.1. The van der Waals surface area contributed by atoms with Gasteiger partial charge in [-0.15, -0.1) is 0 Å². The van der Waals surface area contributed by atoms with E-state index in [9.17, 15) is 19.5 Å². The number of thiazole rings is 1. The Hall–Kier alpha value is -5.42. The molecule has 2 heterocycles. The molecule has 1 amide bonds. The van der Waals surface area contributed by atoms with Gasteiger partial charge in [-0.05, 0) is 73.4 Å². The molecule has 0 aliphatic carbocycles. The van der Waals surface area contributed by atoms with Gasteiger partial charge in [0.25, 0.3) is 5.78 Å². The predicted molar refractivity (Wildman–Crippen MR) is 192 cm³/mol. The van der Waals surface area contributed by atoms with Crippen LogP contribution in [-0.4, -0.2) is 48.1 Å². The Morgan fingerprint density at radius 1 is 1.02 bits per heavy atom. The van der Waals surface area contributed by atoms with E-state index >= 15 is 0 Å². The topological polar surface area (TPSA) is 124 Å². The minimum atomic E-state index is -1.11. The molecule has 3 aromatic carbocycles. The highest BCUT2D eigenvalue weighted by molar-refractivity contribution is 7.17. The number of benzene rings is 3. The lowest BCUT2D eigenvalue weighted by Crippen LogP contribution is -2.29. The zero-order valence-corrected chi connectivity index (χ0v) is 29.4. The number of amides is 1. The molecule has 0 saturated carbocycles. The van der Waals surface area contributed by atoms with Crippen molar-refractivity contribution in [3.8, 4) is 17.2 Å². The summed E-state index contributed by atoms with van der Waals surface area (Å²) in [6.07, 6.45) is 4.38. The van der Waals surface area contributed by atoms with Crippen molar-refractivity contribution in [1.29, 1.82) is 0 Å². The lowest BCUT2D eigenvalue weighted by Gasteiger charge is -2.24. The van der Waals surface area contributed by atoms with Crippen LogP contribution in [0.1, 0.15) is 69.8 Å². The van der Waals surface area contributed by atoms with Crippen molar-refractivity contribution >= 4 is 39.9 Å². The van der Waals surface area contributed by atoms with Crippen LogP contribution >= 0.6 is 11.3 Å². The minimum absolute atomic E-state index is 0.00158. The number of carbonyl (C=O) groups excluding carboxylic acids is 3. The molecule has 5 rings (SSSR count). The van der Waals surface area contributed by atoms with Gasteiger partial charge >= 0.3 is 11.9 Å². The molecule has 260 valence electrons. The molecule has 0 radical (unpaired) electrons. The molecule has 4 aromatic rings. The normalized spacial score (nSPS) is 15.2. The summed E-state index contributed by atoms with van der Waals surface area (Å²) in [5.74, 6) is -1.36. The number of nitrogens with zero attached hydrogens (tertiary/aromatic N) is 2. The van der Waals surface area contributed by atoms with Gasteiger partial charge in [-0.25, -0.2) is 9.78 Å². The summed E-state index contributed by atoms with van der Waals surface area (Å²) in [5, 5.41) is 11.8. The van der Waals surface area contributed by atoms with Crippen LogP contribution in [0.2, 0.25) is 0 Å². The second kappa shape index (κ2) is 16.3. The standard InChI is InChI=1S/C39H40N2O8S/c1-6-8-11-21-47-30-19-16-27(22-31(30)46-5)33-32(34(42)26-14-17-29(18-15-26)49-23-28-13-10-9-12-24(28)3)35(43)37(44)41(33)39-40-25(4)36(50-39)38(45)48-20-7-2/h7,9-10,12-19,22,33,42H,2,6,8,11,20-21,23H2,1,3-5H3. The third-order valence-corrected chi connectivity index (χ3v) is 9.38. The zero-order chi connectivity index (χ0) is 35.8. The number of aliphatic hydroxyl groups is 1. The number of hydrogen-bond acceptors (Lipinski definition) is 10. The van der Waals surface area contributed by atoms with Crippen LogP contribution in [0.5, 0.6) is 17.2 Å². The van der Waals surface area contributed by atoms with Crippen LogP contribution in [0.25, 0.3) is 5.76 Å². The van der Waals surface area contributed by atoms with E-state index in [0.717, 1.165) is 41.7 Å². The number of esters is 1. The van der Waals surface area contributed by atoms with Crippen molar-refractivity contribution < 1.29 is 38.4 Å². The van der Waals surface area contributed by atoms with Crippen LogP contribution < -0.4 is 19.1 Å². The van der Waals surface area contributed by atoms with Gasteiger partial charge in [0, 0.05) is 5.56 Å². The summed E-state index contributed by atoms with van der Waals surface area (Å²) in [4.78, 5) is 46.3. The first-order valence-electron chi connectivity index (χ1n) is 16.3. The highest BCUT2D eigenvalue weighted by Crippen LogP contribution is 2.45. The largest absolute Gasteiger partial charge is 0.507 e. The van der Waals surface area contributed by atoms with Gasteiger partial charge in [-0.3, -0.25) is 14.5 Å². The van der Waals surface area contributed by atoms with E-state index in [2.05, 4.69) is 18.5 Å². The molecule has 1 unspecified atom stereocenters. The molecule has 0 bridgehead atoms. The number of anilines is 1. The minimum Gasteiger partial charge on any atom is -0.507 e. The van der Waals surface area contributed by atoms with Crippen molar-refractivity contribution in [2.24, 2.45) is 0 Å². The summed E-state index contributed by atoms with van der Waals surface area (Å²) in [6.45, 7) is 10.2. The number of Topliss-reactive ketones (excluding diaryl/α,β-unsaturated/α-hetero) is 1. The molecule has 10 nitrogen and oxygen atoms in total. The van der Waals surface area contributed by atoms with Crippen LogP contribution in [-0.2, 0) is 20.9 Å². The van der Waals surface area contributed by atoms with Crippen LogP contribution in [0, 0.1) is 13.8 Å². The quantitative estimate of drug-likeness (QED) is 0.0330. The van der Waals surface area contributed by atoms with E-state index in [1.54, 1.807) is 49.4 Å². The number of aliphatic hydroxyl groups excluding tert-OH is 1. The SMILES string of the molecule is C=CCOC(=O)c1sc(N2C(=O)C(=O)C(=C(O)c3ccc(OCc4ccccc4C)cc3)C2c2ccc(OCCCCC)c(OC)c2)nc1C. The molecular weight excluding hydrogens is 657 g/mol. The van der Waals surface area contributed by atoms with Gasteiger partial charge in [-0.1, -0.05) is 74.1 Å². The lowest BCUT2D eigenvalue weighted by atomic mass is 9.95. The molecule has 11 heteroatoms. The van der Waals surface area contributed by atoms with Gasteiger partial charge in [0.2, 0.25) is 0 Å². The van der Waals surface area contributed by atoms with Crippen LogP contribution in [0.4, 0.5) is 5.13 Å². The van der Waals surface area contributed by atoms with Gasteiger partial charge < -0.3 is 24.1 Å². The van der Waals surface area contributed by atoms with Crippen molar-refractivity contribution in [1.82, 2.24) is 4.98 Å². The second-order valence-electron chi connectivity index (χ2n) is 11.7. The third-order valence-electron chi connectivity index (χ3n) is 8.25. The smallest absolute Gasteiger partial charge is 0.350 e. The fraction of sp³-hybridized carbons (Fsp3) is 0.282. The Labute approximate surface area is 295 Å². The van der Waals surface area contributed by atoms with Crippen molar-refractivity contribution in [2.75, 3.05) is 25.2 Å². The predicted octanol–water partition coefficient (Wildman–Crippen LogP) is 7.89. The fourth-order valence-electron chi connectivity index (χ4n) is 5.53. The molecular formula is C39H40N2O8S. The first-order chi connectivity index (χ1) is 24.2. The average molecular weight is 697 g/mol. The van der Waals surface area contributed by atoms with E-state index in [1.165, 1.54) is 18.1 Å². The van der Waals surface area contributed by atoms with E-state index in [1.807, 2.05) is 31.2 Å². The van der Waals surface area contributed by atoms with Crippen molar-refractivity contribution in [3.63, 3.8) is 0 Å². The summed E-state index contributed by atoms with van der Waals surface area (Å²) in [7, 11) is 1.50. The Morgan fingerprint density at radius 3 is 2.48 bits per heavy atom. The summed E-state index contributed by atoms with van der Waals surface area (Å²) >= 11 is 0.921. The van der Waals surface area contributed by atoms with E-state index in [0.29, 0.717) is 47.3 Å². The number of methoxy groups -OCH3 is 1. The molecule has 0 spiro atoms. The Morgan fingerprint density at radius 2 is 1.78 bits per heavy atom. The number of unbranched alkanes of at least 4 members (excludes halogenated alkanes) is 2. The maximum absolute atomic E-state index is 13.8. The van der Waals surface area contributed by atoms with E-state index < -0.39 is 23.7 Å². The number of aromatic nitrogens is 1. The van der Waals surface area contributed by atoms with Crippen LogP contribution in [0.15, 0.2) is 85.0 Å². The third kappa shape index (κ3) is 7.73. The average Bonchev–Trinajstić information content (AvgIpc) is 3.64. The first-order valence-corrected chi connectivity index (χ1v) is 17.1. The van der Waals surface area contributed by atoms with Crippen LogP contribution in [0.3, 0.4) is 0 Å². The summed E-state index contributed by atoms with van der Waals surface area (Å²) < 4.78 is 22.8. The summed E-state index contributed by atoms with van der Waals surface area (Å²) in [5.41, 5.74) is 3.10. The fourth-order valence-corrected chi connectivity index (χ4v) is 6.51. The number of ether oxygens (including phenoxy) is 4. The molecule has 1 saturated heterocycles. The lowest BCUT2D eigenvalue weighted by molar-refractivity contribution is -0.132. The maximum Gasteiger partial charge on any atom is 0.350 e. The number of ketones is 1. The van der Waals surface area contributed by atoms with Gasteiger partial charge in [-0.2, -0.15) is 0 Å². The number of hydrogen-bond donors (Lipinski definition) is 1. The molecule has 1 aromatic heterocycles. The Balaban J connectivity index is 1.55. The van der Waals surface area contributed by atoms with E-state index in [-0.39, 0.29) is 27.9 Å². The zero-order valence-electron chi connectivity index (χ0n) is 28.6. The number of rotatable bonds is 15. The molecule has 1 atom stereocenters. The van der Waals surface area contributed by atoms with Crippen molar-refractivity contribution in [3.05, 3.63) is 118 Å². The maximum atomic E-state index is 13.8.